The molecule has 0 bridgehead atoms. The summed E-state index contributed by atoms with van der Waals surface area (Å²) < 4.78 is 0. The van der Waals surface area contributed by atoms with Gasteiger partial charge in [-0.25, -0.2) is 0 Å². The van der Waals surface area contributed by atoms with Gasteiger partial charge >= 0.3 is 0 Å². The van der Waals surface area contributed by atoms with Crippen LogP contribution in [0.15, 0.2) is 23.8 Å². The summed E-state index contributed by atoms with van der Waals surface area (Å²) in [6, 6.07) is 0. The molecule has 1 amide bonds. The molecule has 116 valence electrons. The molecule has 7 nitrogen and oxygen atoms in total. The number of hydrogen-bond donors (Lipinski definition) is 3. The van der Waals surface area contributed by atoms with Crippen molar-refractivity contribution in [2.45, 2.75) is 38.2 Å². The summed E-state index contributed by atoms with van der Waals surface area (Å²) in [5, 5.41) is 31.8. The SMILES string of the molecule is CC/C=C1/C=CC(=O)[C@H](O)[C@]12C(=O)N(OC)[C@](C)(O)[C@@H]2O. The van der Waals surface area contributed by atoms with Gasteiger partial charge in [0.05, 0.1) is 7.11 Å². The van der Waals surface area contributed by atoms with Crippen LogP contribution in [0.3, 0.4) is 0 Å². The predicted octanol–water partition coefficient (Wildman–Crippen LogP) is -0.718. The molecule has 0 aromatic carbocycles. The largest absolute Gasteiger partial charge is 0.386 e. The van der Waals surface area contributed by atoms with Crippen molar-refractivity contribution in [2.24, 2.45) is 5.41 Å². The van der Waals surface area contributed by atoms with Crippen LogP contribution in [0.4, 0.5) is 0 Å². The number of aliphatic hydroxyl groups excluding tert-OH is 2. The highest BCUT2D eigenvalue weighted by molar-refractivity contribution is 6.04. The maximum absolute atomic E-state index is 12.7. The summed E-state index contributed by atoms with van der Waals surface area (Å²) in [4.78, 5) is 29.4. The van der Waals surface area contributed by atoms with Gasteiger partial charge in [-0.3, -0.25) is 14.4 Å². The van der Waals surface area contributed by atoms with Crippen molar-refractivity contribution in [3.05, 3.63) is 23.8 Å². The van der Waals surface area contributed by atoms with Gasteiger partial charge in [-0.15, -0.1) is 0 Å². The molecule has 0 unspecified atom stereocenters. The zero-order valence-electron chi connectivity index (χ0n) is 12.1. The second-order valence-electron chi connectivity index (χ2n) is 5.35. The minimum absolute atomic E-state index is 0.287. The maximum atomic E-state index is 12.7. The van der Waals surface area contributed by atoms with Crippen LogP contribution in [0.2, 0.25) is 0 Å². The van der Waals surface area contributed by atoms with Crippen LogP contribution in [0.1, 0.15) is 20.3 Å². The van der Waals surface area contributed by atoms with E-state index in [9.17, 15) is 24.9 Å². The van der Waals surface area contributed by atoms with Gasteiger partial charge in [0.15, 0.2) is 11.5 Å². The van der Waals surface area contributed by atoms with Crippen LogP contribution in [-0.2, 0) is 14.4 Å². The Bertz CT molecular complexity index is 538. The molecule has 4 atom stereocenters. The number of hydrogen-bond acceptors (Lipinski definition) is 6. The van der Waals surface area contributed by atoms with Crippen molar-refractivity contribution >= 4 is 11.7 Å². The molecule has 3 N–H and O–H groups in total. The van der Waals surface area contributed by atoms with E-state index in [0.29, 0.717) is 11.5 Å². The molecule has 1 saturated heterocycles. The van der Waals surface area contributed by atoms with Crippen LogP contribution in [0, 0.1) is 5.41 Å². The van der Waals surface area contributed by atoms with E-state index >= 15 is 0 Å². The minimum Gasteiger partial charge on any atom is -0.386 e. The van der Waals surface area contributed by atoms with E-state index in [1.54, 1.807) is 6.08 Å². The Kier molecular flexibility index (Phi) is 3.79. The van der Waals surface area contributed by atoms with Crippen molar-refractivity contribution in [1.29, 1.82) is 0 Å². The molecule has 2 rings (SSSR count). The van der Waals surface area contributed by atoms with Gasteiger partial charge in [0.25, 0.3) is 5.91 Å². The third-order valence-corrected chi connectivity index (χ3v) is 4.11. The van der Waals surface area contributed by atoms with Gasteiger partial charge in [0.2, 0.25) is 0 Å². The van der Waals surface area contributed by atoms with Crippen molar-refractivity contribution in [2.75, 3.05) is 7.11 Å². The molecule has 1 heterocycles. The van der Waals surface area contributed by atoms with Crippen LogP contribution < -0.4 is 0 Å². The second kappa shape index (κ2) is 5.03. The Labute approximate surface area is 122 Å². The molecule has 0 radical (unpaired) electrons. The number of hydroxylamine groups is 2. The van der Waals surface area contributed by atoms with E-state index in [0.717, 1.165) is 13.2 Å². The lowest BCUT2D eigenvalue weighted by Crippen LogP contribution is -2.56. The van der Waals surface area contributed by atoms with Gasteiger partial charge in [-0.1, -0.05) is 19.1 Å². The fourth-order valence-corrected chi connectivity index (χ4v) is 3.09. The lowest BCUT2D eigenvalue weighted by atomic mass is 9.66. The van der Waals surface area contributed by atoms with Gasteiger partial charge in [0.1, 0.15) is 17.6 Å². The predicted molar refractivity (Wildman–Crippen MR) is 71.4 cm³/mol. The first kappa shape index (κ1) is 15.8. The molecule has 1 aliphatic heterocycles. The van der Waals surface area contributed by atoms with Crippen molar-refractivity contribution in [3.8, 4) is 0 Å². The highest BCUT2D eigenvalue weighted by Gasteiger charge is 2.71. The minimum atomic E-state index is -2.06. The Morgan fingerprint density at radius 3 is 2.48 bits per heavy atom. The quantitative estimate of drug-likeness (QED) is 0.621. The first-order chi connectivity index (χ1) is 9.76. The first-order valence-electron chi connectivity index (χ1n) is 6.66. The molecule has 1 aliphatic carbocycles. The van der Waals surface area contributed by atoms with E-state index in [-0.39, 0.29) is 5.57 Å². The van der Waals surface area contributed by atoms with Gasteiger partial charge < -0.3 is 15.3 Å². The fourth-order valence-electron chi connectivity index (χ4n) is 3.09. The lowest BCUT2D eigenvalue weighted by Gasteiger charge is -2.38. The van der Waals surface area contributed by atoms with E-state index in [4.69, 9.17) is 4.84 Å². The van der Waals surface area contributed by atoms with Crippen molar-refractivity contribution in [3.63, 3.8) is 0 Å². The van der Waals surface area contributed by atoms with Crippen LogP contribution in [0.5, 0.6) is 0 Å². The summed E-state index contributed by atoms with van der Waals surface area (Å²) in [6.07, 6.45) is 1.19. The Balaban J connectivity index is 2.72. The van der Waals surface area contributed by atoms with E-state index in [2.05, 4.69) is 0 Å². The van der Waals surface area contributed by atoms with Crippen LogP contribution >= 0.6 is 0 Å². The normalized spacial score (nSPS) is 41.6. The van der Waals surface area contributed by atoms with Crippen LogP contribution in [0.25, 0.3) is 0 Å². The number of ketones is 1. The third kappa shape index (κ3) is 1.82. The van der Waals surface area contributed by atoms with E-state index < -0.39 is 35.0 Å². The van der Waals surface area contributed by atoms with Gasteiger partial charge in [-0.2, -0.15) is 5.06 Å². The Hall–Kier alpha value is -1.54. The number of allylic oxidation sites excluding steroid dienone is 2. The molecule has 0 saturated carbocycles. The standard InChI is InChI=1S/C14H19NO6/c1-4-5-8-6-7-9(16)10(17)14(8)11(18)13(2,20)15(21-3)12(14)19/h5-7,10-11,17-18,20H,4H2,1-3H3/b8-5-/t10-,11-,13+,14+/m0/s1. The first-order valence-corrected chi connectivity index (χ1v) is 6.66. The van der Waals surface area contributed by atoms with Crippen molar-refractivity contribution < 1.29 is 29.7 Å². The summed E-state index contributed by atoms with van der Waals surface area (Å²) in [6.45, 7) is 3.00. The highest BCUT2D eigenvalue weighted by Crippen LogP contribution is 2.51. The topological polar surface area (TPSA) is 107 Å². The number of rotatable bonds is 2. The zero-order chi connectivity index (χ0) is 16.0. The number of aliphatic hydroxyl groups is 3. The van der Waals surface area contributed by atoms with Gasteiger partial charge in [-0.05, 0) is 25.0 Å². The number of carbonyl (C=O) groups is 2. The summed E-state index contributed by atoms with van der Waals surface area (Å²) >= 11 is 0. The smallest absolute Gasteiger partial charge is 0.265 e. The number of nitrogens with zero attached hydrogens (tertiary/aromatic N) is 1. The van der Waals surface area contributed by atoms with Crippen molar-refractivity contribution in [1.82, 2.24) is 5.06 Å². The van der Waals surface area contributed by atoms with E-state index in [1.807, 2.05) is 6.92 Å². The number of carbonyl (C=O) groups excluding carboxylic acids is 2. The average Bonchev–Trinajstić information content (AvgIpc) is 2.57. The molecule has 2 aliphatic rings. The Morgan fingerprint density at radius 1 is 1.38 bits per heavy atom. The number of amides is 1. The molecule has 1 spiro atoms. The lowest BCUT2D eigenvalue weighted by molar-refractivity contribution is -0.262. The second-order valence-corrected chi connectivity index (χ2v) is 5.35. The van der Waals surface area contributed by atoms with Crippen LogP contribution in [-0.4, -0.2) is 57.1 Å². The summed E-state index contributed by atoms with van der Waals surface area (Å²) in [5.41, 5.74) is -3.73. The monoisotopic (exact) mass is 297 g/mol. The third-order valence-electron chi connectivity index (χ3n) is 4.11. The highest BCUT2D eigenvalue weighted by atomic mass is 16.7. The maximum Gasteiger partial charge on any atom is 0.265 e. The average molecular weight is 297 g/mol. The molecule has 7 heteroatoms. The summed E-state index contributed by atoms with van der Waals surface area (Å²) in [7, 11) is 1.16. The summed E-state index contributed by atoms with van der Waals surface area (Å²) in [5.74, 6) is -1.56. The molecule has 21 heavy (non-hydrogen) atoms. The van der Waals surface area contributed by atoms with Gasteiger partial charge in [0, 0.05) is 0 Å². The molecular formula is C14H19NO6. The zero-order valence-corrected chi connectivity index (χ0v) is 12.1. The molecule has 1 fully saturated rings. The fraction of sp³-hybridized carbons (Fsp3) is 0.571. The van der Waals surface area contributed by atoms with E-state index in [1.165, 1.54) is 13.0 Å². The molecule has 0 aromatic rings. The Morgan fingerprint density at radius 2 is 2.00 bits per heavy atom. The molecule has 0 aromatic heterocycles. The molecular weight excluding hydrogens is 278 g/mol.